The van der Waals surface area contributed by atoms with Crippen molar-refractivity contribution in [3.63, 3.8) is 0 Å². The Morgan fingerprint density at radius 2 is 2.00 bits per heavy atom. The van der Waals surface area contributed by atoms with Gasteiger partial charge in [-0.05, 0) is 26.0 Å². The minimum atomic E-state index is -4.63. The van der Waals surface area contributed by atoms with Gasteiger partial charge in [0.15, 0.2) is 20.6 Å². The average molecular weight is 392 g/mol. The smallest absolute Gasteiger partial charge is 0.383 e. The fraction of sp³-hybridized carbons (Fsp3) is 0.467. The molecule has 0 bridgehead atoms. The van der Waals surface area contributed by atoms with Gasteiger partial charge in [-0.3, -0.25) is 0 Å². The molecule has 0 aliphatic heterocycles. The Bertz CT molecular complexity index is 877. The van der Waals surface area contributed by atoms with Crippen LogP contribution in [0.4, 0.5) is 19.0 Å². The summed E-state index contributed by atoms with van der Waals surface area (Å²) < 4.78 is 68.8. The quantitative estimate of drug-likeness (QED) is 0.813. The summed E-state index contributed by atoms with van der Waals surface area (Å²) in [5.74, 6) is 0.135. The molecule has 0 aliphatic rings. The van der Waals surface area contributed by atoms with Gasteiger partial charge in [-0.25, -0.2) is 18.1 Å². The molecule has 0 radical (unpaired) electrons. The van der Waals surface area contributed by atoms with Crippen LogP contribution >= 0.6 is 0 Å². The SMILES string of the molecule is COCC(C)Nc1c(C)c(C(F)(F)F)nn1-c1ccc(S(C)(=O)=O)nc1. The Hall–Kier alpha value is -2.14. The zero-order valence-electron chi connectivity index (χ0n) is 14.6. The lowest BCUT2D eigenvalue weighted by molar-refractivity contribution is -0.141. The second-order valence-electron chi connectivity index (χ2n) is 5.86. The molecule has 144 valence electrons. The van der Waals surface area contributed by atoms with Gasteiger partial charge in [0.25, 0.3) is 0 Å². The Balaban J connectivity index is 2.55. The number of hydrogen-bond acceptors (Lipinski definition) is 6. The summed E-state index contributed by atoms with van der Waals surface area (Å²) in [6.07, 6.45) is -2.47. The predicted molar refractivity (Wildman–Crippen MR) is 89.2 cm³/mol. The van der Waals surface area contributed by atoms with Crippen molar-refractivity contribution in [3.05, 3.63) is 29.6 Å². The number of aromatic nitrogens is 3. The molecule has 0 fully saturated rings. The molecule has 2 heterocycles. The van der Waals surface area contributed by atoms with Crippen LogP contribution < -0.4 is 5.32 Å². The predicted octanol–water partition coefficient (Wildman–Crippen LogP) is 2.44. The molecule has 2 aromatic heterocycles. The number of alkyl halides is 3. The monoisotopic (exact) mass is 392 g/mol. The topological polar surface area (TPSA) is 86.1 Å². The number of nitrogens with one attached hydrogen (secondary N) is 1. The molecule has 0 saturated carbocycles. The van der Waals surface area contributed by atoms with Crippen LogP contribution in [0.25, 0.3) is 5.69 Å². The molecule has 1 unspecified atom stereocenters. The van der Waals surface area contributed by atoms with Gasteiger partial charge < -0.3 is 10.1 Å². The van der Waals surface area contributed by atoms with E-state index in [1.54, 1.807) is 6.92 Å². The maximum atomic E-state index is 13.2. The van der Waals surface area contributed by atoms with E-state index in [0.29, 0.717) is 0 Å². The Labute approximate surface area is 149 Å². The Morgan fingerprint density at radius 1 is 1.35 bits per heavy atom. The van der Waals surface area contributed by atoms with E-state index in [0.717, 1.165) is 17.1 Å². The van der Waals surface area contributed by atoms with Crippen LogP contribution in [-0.2, 0) is 20.8 Å². The van der Waals surface area contributed by atoms with Crippen LogP contribution in [-0.4, -0.2) is 49.2 Å². The molecule has 26 heavy (non-hydrogen) atoms. The van der Waals surface area contributed by atoms with E-state index < -0.39 is 21.7 Å². The molecule has 0 spiro atoms. The fourth-order valence-electron chi connectivity index (χ4n) is 2.36. The molecule has 2 rings (SSSR count). The number of nitrogens with zero attached hydrogens (tertiary/aromatic N) is 3. The van der Waals surface area contributed by atoms with Gasteiger partial charge in [0, 0.05) is 25.0 Å². The maximum Gasteiger partial charge on any atom is 0.435 e. The van der Waals surface area contributed by atoms with Gasteiger partial charge in [-0.15, -0.1) is 0 Å². The Morgan fingerprint density at radius 3 is 2.46 bits per heavy atom. The largest absolute Gasteiger partial charge is 0.435 e. The number of hydrogen-bond donors (Lipinski definition) is 1. The van der Waals surface area contributed by atoms with E-state index in [1.807, 2.05) is 0 Å². The lowest BCUT2D eigenvalue weighted by Crippen LogP contribution is -2.23. The second-order valence-corrected chi connectivity index (χ2v) is 7.82. The first-order valence-electron chi connectivity index (χ1n) is 7.54. The second kappa shape index (κ2) is 7.23. The van der Waals surface area contributed by atoms with Crippen LogP contribution in [0.15, 0.2) is 23.4 Å². The minimum Gasteiger partial charge on any atom is -0.383 e. The zero-order chi connectivity index (χ0) is 19.7. The summed E-state index contributed by atoms with van der Waals surface area (Å²) in [5, 5.41) is 6.42. The molecule has 0 aliphatic carbocycles. The zero-order valence-corrected chi connectivity index (χ0v) is 15.4. The van der Waals surface area contributed by atoms with Crippen molar-refractivity contribution in [2.75, 3.05) is 25.3 Å². The first kappa shape index (κ1) is 20.2. The number of ether oxygens (including phenoxy) is 1. The van der Waals surface area contributed by atoms with Crippen molar-refractivity contribution in [1.29, 1.82) is 0 Å². The van der Waals surface area contributed by atoms with Crippen molar-refractivity contribution < 1.29 is 26.3 Å². The van der Waals surface area contributed by atoms with Gasteiger partial charge in [-0.1, -0.05) is 0 Å². The molecule has 7 nitrogen and oxygen atoms in total. The average Bonchev–Trinajstić information content (AvgIpc) is 2.84. The van der Waals surface area contributed by atoms with Gasteiger partial charge >= 0.3 is 6.18 Å². The van der Waals surface area contributed by atoms with Crippen LogP contribution in [0.1, 0.15) is 18.2 Å². The number of halogens is 3. The molecule has 0 aromatic carbocycles. The highest BCUT2D eigenvalue weighted by Gasteiger charge is 2.38. The normalized spacial score (nSPS) is 13.7. The van der Waals surface area contributed by atoms with Gasteiger partial charge in [0.1, 0.15) is 5.82 Å². The summed E-state index contributed by atoms with van der Waals surface area (Å²) >= 11 is 0. The van der Waals surface area contributed by atoms with E-state index in [9.17, 15) is 21.6 Å². The molecule has 1 N–H and O–H groups in total. The number of pyridine rings is 1. The van der Waals surface area contributed by atoms with Gasteiger partial charge in [-0.2, -0.15) is 18.3 Å². The van der Waals surface area contributed by atoms with Crippen LogP contribution in [0, 0.1) is 6.92 Å². The molecular weight excluding hydrogens is 373 g/mol. The van der Waals surface area contributed by atoms with Crippen LogP contribution in [0.5, 0.6) is 0 Å². The summed E-state index contributed by atoms with van der Waals surface area (Å²) in [7, 11) is -2.03. The Kier molecular flexibility index (Phi) is 5.61. The summed E-state index contributed by atoms with van der Waals surface area (Å²) in [4.78, 5) is 3.80. The summed E-state index contributed by atoms with van der Waals surface area (Å²) in [5.41, 5.74) is -0.910. The van der Waals surface area contributed by atoms with E-state index in [-0.39, 0.29) is 34.7 Å². The minimum absolute atomic E-state index is 0.0763. The highest BCUT2D eigenvalue weighted by Crippen LogP contribution is 2.35. The number of rotatable bonds is 6. The third-order valence-corrected chi connectivity index (χ3v) is 4.54. The lowest BCUT2D eigenvalue weighted by Gasteiger charge is -2.16. The standard InChI is InChI=1S/C15H19F3N4O3S/c1-9(8-25-3)20-14-10(2)13(15(16,17)18)21-22(14)11-5-6-12(19-7-11)26(4,23)24/h5-7,9,20H,8H2,1-4H3. The maximum absolute atomic E-state index is 13.2. The molecule has 0 amide bonds. The number of methoxy groups -OCH3 is 1. The van der Waals surface area contributed by atoms with Crippen LogP contribution in [0.3, 0.4) is 0 Å². The summed E-state index contributed by atoms with van der Waals surface area (Å²) in [6.45, 7) is 3.34. The summed E-state index contributed by atoms with van der Waals surface area (Å²) in [6, 6.07) is 2.29. The van der Waals surface area contributed by atoms with Crippen molar-refractivity contribution in [3.8, 4) is 5.69 Å². The molecular formula is C15H19F3N4O3S. The fourth-order valence-corrected chi connectivity index (χ4v) is 2.92. The van der Waals surface area contributed by atoms with E-state index >= 15 is 0 Å². The third kappa shape index (κ3) is 4.33. The first-order valence-corrected chi connectivity index (χ1v) is 9.43. The molecule has 1 atom stereocenters. The highest BCUT2D eigenvalue weighted by molar-refractivity contribution is 7.90. The van der Waals surface area contributed by atoms with Gasteiger partial charge in [0.2, 0.25) is 0 Å². The molecule has 0 saturated heterocycles. The van der Waals surface area contributed by atoms with Crippen molar-refractivity contribution in [1.82, 2.24) is 14.8 Å². The van der Waals surface area contributed by atoms with Crippen molar-refractivity contribution in [2.24, 2.45) is 0 Å². The molecule has 2 aromatic rings. The number of anilines is 1. The van der Waals surface area contributed by atoms with Crippen molar-refractivity contribution >= 4 is 15.7 Å². The van der Waals surface area contributed by atoms with E-state index in [1.165, 1.54) is 26.2 Å². The highest BCUT2D eigenvalue weighted by atomic mass is 32.2. The van der Waals surface area contributed by atoms with Crippen LogP contribution in [0.2, 0.25) is 0 Å². The third-order valence-electron chi connectivity index (χ3n) is 3.54. The molecule has 11 heteroatoms. The lowest BCUT2D eigenvalue weighted by atomic mass is 10.2. The van der Waals surface area contributed by atoms with Gasteiger partial charge in [0.05, 0.1) is 18.5 Å². The van der Waals surface area contributed by atoms with E-state index in [4.69, 9.17) is 4.74 Å². The van der Waals surface area contributed by atoms with Crippen molar-refractivity contribution in [2.45, 2.75) is 31.1 Å². The number of sulfone groups is 1. The first-order chi connectivity index (χ1) is 11.9. The van der Waals surface area contributed by atoms with E-state index in [2.05, 4.69) is 15.4 Å².